The second kappa shape index (κ2) is 8.39. The molecule has 0 radical (unpaired) electrons. The molecule has 0 aliphatic carbocycles. The lowest BCUT2D eigenvalue weighted by Crippen LogP contribution is -2.48. The van der Waals surface area contributed by atoms with E-state index in [4.69, 9.17) is 0 Å². The Balaban J connectivity index is 1.53. The Morgan fingerprint density at radius 2 is 1.60 bits per heavy atom. The third kappa shape index (κ3) is 4.31. The van der Waals surface area contributed by atoms with Gasteiger partial charge in [-0.2, -0.15) is 4.31 Å². The highest BCUT2D eigenvalue weighted by molar-refractivity contribution is 7.90. The predicted octanol–water partition coefficient (Wildman–Crippen LogP) is 1.75. The fourth-order valence-corrected chi connectivity index (χ4v) is 6.65. The first-order valence-corrected chi connectivity index (χ1v) is 13.4. The van der Waals surface area contributed by atoms with Gasteiger partial charge in [0.05, 0.1) is 9.79 Å². The number of rotatable bonds is 5. The largest absolute Gasteiger partial charge is 0.257 e. The first kappa shape index (κ1) is 21.5. The van der Waals surface area contributed by atoms with E-state index in [2.05, 4.69) is 23.0 Å². The lowest BCUT2D eigenvalue weighted by atomic mass is 9.81. The first-order chi connectivity index (χ1) is 14.3. The van der Waals surface area contributed by atoms with Crippen molar-refractivity contribution in [3.8, 4) is 0 Å². The molecular formula is C21H27N3O4S2. The number of nitrogens with one attached hydrogen (secondary N) is 2. The molecule has 2 aliphatic heterocycles. The fourth-order valence-electron chi connectivity index (χ4n) is 4.48. The first-order valence-electron chi connectivity index (χ1n) is 10.1. The van der Waals surface area contributed by atoms with Gasteiger partial charge >= 0.3 is 0 Å². The second-order valence-electron chi connectivity index (χ2n) is 8.08. The van der Waals surface area contributed by atoms with Crippen LogP contribution in [0.5, 0.6) is 0 Å². The molecule has 0 amide bonds. The molecule has 4 rings (SSSR count). The Morgan fingerprint density at radius 1 is 0.933 bits per heavy atom. The number of nitrogens with zero attached hydrogens (tertiary/aromatic N) is 1. The van der Waals surface area contributed by atoms with Crippen molar-refractivity contribution >= 4 is 19.9 Å². The van der Waals surface area contributed by atoms with Gasteiger partial charge in [0.25, 0.3) is 0 Å². The van der Waals surface area contributed by atoms with E-state index in [1.165, 1.54) is 29.8 Å². The quantitative estimate of drug-likeness (QED) is 0.722. The Kier molecular flexibility index (Phi) is 6.00. The van der Waals surface area contributed by atoms with Crippen LogP contribution in [0.2, 0.25) is 0 Å². The molecule has 0 aromatic heterocycles. The molecule has 30 heavy (non-hydrogen) atoms. The number of benzene rings is 2. The molecule has 0 spiro atoms. The van der Waals surface area contributed by atoms with Crippen LogP contribution in [-0.4, -0.2) is 53.1 Å². The summed E-state index contributed by atoms with van der Waals surface area (Å²) < 4.78 is 51.3. The maximum Gasteiger partial charge on any atom is 0.243 e. The molecule has 2 fully saturated rings. The van der Waals surface area contributed by atoms with Gasteiger partial charge in [0.1, 0.15) is 0 Å². The van der Waals surface area contributed by atoms with Crippen molar-refractivity contribution < 1.29 is 16.8 Å². The molecule has 3 atom stereocenters. The van der Waals surface area contributed by atoms with Gasteiger partial charge in [0, 0.05) is 37.8 Å². The maximum atomic E-state index is 13.2. The van der Waals surface area contributed by atoms with Gasteiger partial charge in [0.2, 0.25) is 10.0 Å². The summed E-state index contributed by atoms with van der Waals surface area (Å²) in [6.07, 6.45) is 2.87. The van der Waals surface area contributed by atoms with Crippen molar-refractivity contribution in [2.75, 3.05) is 25.9 Å². The van der Waals surface area contributed by atoms with Crippen molar-refractivity contribution in [3.05, 3.63) is 60.2 Å². The molecule has 7 nitrogen and oxygen atoms in total. The number of hydrogen-bond donors (Lipinski definition) is 2. The minimum absolute atomic E-state index is 0.116. The average Bonchev–Trinajstić information content (AvgIpc) is 3.24. The molecule has 162 valence electrons. The molecule has 0 bridgehead atoms. The summed E-state index contributed by atoms with van der Waals surface area (Å²) >= 11 is 0. The van der Waals surface area contributed by atoms with Gasteiger partial charge in [-0.05, 0) is 48.6 Å². The highest BCUT2D eigenvalue weighted by Crippen LogP contribution is 2.33. The normalized spacial score (nSPS) is 26.0. The molecule has 2 heterocycles. The lowest BCUT2D eigenvalue weighted by Gasteiger charge is -2.36. The number of hydrazine groups is 1. The fraction of sp³-hybridized carbons (Fsp3) is 0.429. The van der Waals surface area contributed by atoms with E-state index in [1.54, 1.807) is 4.31 Å². The highest BCUT2D eigenvalue weighted by Gasteiger charge is 2.39. The van der Waals surface area contributed by atoms with Crippen LogP contribution in [-0.2, 0) is 19.9 Å². The topological polar surface area (TPSA) is 95.6 Å². The van der Waals surface area contributed by atoms with Crippen LogP contribution in [0.3, 0.4) is 0 Å². The summed E-state index contributed by atoms with van der Waals surface area (Å²) in [4.78, 5) is 0.248. The molecule has 2 aromatic rings. The molecular weight excluding hydrogens is 422 g/mol. The van der Waals surface area contributed by atoms with Crippen LogP contribution in [0.1, 0.15) is 24.3 Å². The van der Waals surface area contributed by atoms with Crippen molar-refractivity contribution in [1.82, 2.24) is 15.2 Å². The summed E-state index contributed by atoms with van der Waals surface area (Å²) in [6, 6.07) is 15.9. The van der Waals surface area contributed by atoms with Crippen molar-refractivity contribution in [2.45, 2.75) is 34.6 Å². The van der Waals surface area contributed by atoms with Gasteiger partial charge in [-0.1, -0.05) is 30.3 Å². The molecule has 2 aliphatic rings. The van der Waals surface area contributed by atoms with Crippen LogP contribution < -0.4 is 10.9 Å². The van der Waals surface area contributed by atoms with Crippen LogP contribution in [0, 0.1) is 5.92 Å². The Labute approximate surface area is 178 Å². The van der Waals surface area contributed by atoms with E-state index >= 15 is 0 Å². The summed E-state index contributed by atoms with van der Waals surface area (Å²) in [6.45, 7) is 1.73. The molecule has 2 N–H and O–H groups in total. The Hall–Kier alpha value is -1.78. The van der Waals surface area contributed by atoms with Crippen molar-refractivity contribution in [1.29, 1.82) is 0 Å². The van der Waals surface area contributed by atoms with Gasteiger partial charge in [-0.15, -0.1) is 0 Å². The zero-order chi connectivity index (χ0) is 21.4. The van der Waals surface area contributed by atoms with E-state index in [9.17, 15) is 16.8 Å². The zero-order valence-electron chi connectivity index (χ0n) is 16.9. The van der Waals surface area contributed by atoms with E-state index in [0.29, 0.717) is 13.1 Å². The SMILES string of the molecule is CS(=O)(=O)c1ccc(S(=O)(=O)N2CCCC(C3NNCC3c3ccccc3)C2)cc1. The minimum atomic E-state index is -3.68. The van der Waals surface area contributed by atoms with Gasteiger partial charge in [-0.25, -0.2) is 16.8 Å². The number of hydrogen-bond acceptors (Lipinski definition) is 6. The van der Waals surface area contributed by atoms with Crippen LogP contribution >= 0.6 is 0 Å². The minimum Gasteiger partial charge on any atom is -0.257 e. The van der Waals surface area contributed by atoms with Gasteiger partial charge in [0.15, 0.2) is 9.84 Å². The second-order valence-corrected chi connectivity index (χ2v) is 12.0. The molecule has 3 unspecified atom stereocenters. The third-order valence-corrected chi connectivity index (χ3v) is 9.08. The number of sulfone groups is 1. The average molecular weight is 450 g/mol. The van der Waals surface area contributed by atoms with E-state index in [0.717, 1.165) is 25.6 Å². The molecule has 0 saturated carbocycles. The summed E-state index contributed by atoms with van der Waals surface area (Å²) in [5.74, 6) is 0.469. The number of sulfonamides is 1. The molecule has 2 saturated heterocycles. The van der Waals surface area contributed by atoms with E-state index in [-0.39, 0.29) is 27.7 Å². The van der Waals surface area contributed by atoms with Gasteiger partial charge in [-0.3, -0.25) is 10.9 Å². The standard InChI is InChI=1S/C21H27N3O4S2/c1-29(25,26)18-9-11-19(12-10-18)30(27,28)24-13-5-8-17(15-24)21-20(14-22-23-21)16-6-3-2-4-7-16/h2-4,6-7,9-12,17,20-23H,5,8,13-15H2,1H3. The maximum absolute atomic E-state index is 13.2. The molecule has 9 heteroatoms. The highest BCUT2D eigenvalue weighted by atomic mass is 32.2. The monoisotopic (exact) mass is 449 g/mol. The zero-order valence-corrected chi connectivity index (χ0v) is 18.5. The third-order valence-electron chi connectivity index (χ3n) is 6.07. The lowest BCUT2D eigenvalue weighted by molar-refractivity contribution is 0.215. The van der Waals surface area contributed by atoms with E-state index in [1.807, 2.05) is 18.2 Å². The summed E-state index contributed by atoms with van der Waals surface area (Å²) in [5, 5.41) is 0. The van der Waals surface area contributed by atoms with Gasteiger partial charge < -0.3 is 0 Å². The van der Waals surface area contributed by atoms with Crippen LogP contribution in [0.4, 0.5) is 0 Å². The Morgan fingerprint density at radius 3 is 2.27 bits per heavy atom. The van der Waals surface area contributed by atoms with Crippen molar-refractivity contribution in [3.63, 3.8) is 0 Å². The Bertz CT molecular complexity index is 1090. The molecule has 2 aromatic carbocycles. The number of piperidine rings is 1. The summed E-state index contributed by atoms with van der Waals surface area (Å²) in [5.41, 5.74) is 7.87. The van der Waals surface area contributed by atoms with E-state index < -0.39 is 19.9 Å². The van der Waals surface area contributed by atoms with Crippen molar-refractivity contribution in [2.24, 2.45) is 5.92 Å². The smallest absolute Gasteiger partial charge is 0.243 e. The van der Waals surface area contributed by atoms with Crippen LogP contribution in [0.25, 0.3) is 0 Å². The summed E-state index contributed by atoms with van der Waals surface area (Å²) in [7, 11) is -7.04. The van der Waals surface area contributed by atoms with Crippen LogP contribution in [0.15, 0.2) is 64.4 Å². The predicted molar refractivity (Wildman–Crippen MR) is 115 cm³/mol.